The molecule has 0 spiro atoms. The molecule has 0 aliphatic carbocycles. The van der Waals surface area contributed by atoms with E-state index in [1.807, 2.05) is 0 Å². The number of nitrogens with one attached hydrogen (secondary N) is 2. The van der Waals surface area contributed by atoms with E-state index in [1.165, 1.54) is 12.8 Å². The van der Waals surface area contributed by atoms with Crippen molar-refractivity contribution in [3.63, 3.8) is 0 Å². The van der Waals surface area contributed by atoms with Gasteiger partial charge in [0.1, 0.15) is 0 Å². The maximum atomic E-state index is 5.72. The van der Waals surface area contributed by atoms with Crippen LogP contribution in [-0.2, 0) is 0 Å². The van der Waals surface area contributed by atoms with Crippen LogP contribution in [0.2, 0.25) is 0 Å². The van der Waals surface area contributed by atoms with Gasteiger partial charge in [-0.25, -0.2) is 0 Å². The quantitative estimate of drug-likeness (QED) is 0.577. The van der Waals surface area contributed by atoms with Gasteiger partial charge in [-0.05, 0) is 61.5 Å². The lowest BCUT2D eigenvalue weighted by atomic mass is 9.99. The third kappa shape index (κ3) is 5.95. The van der Waals surface area contributed by atoms with Crippen LogP contribution >= 0.6 is 24.4 Å². The molecule has 2 saturated heterocycles. The van der Waals surface area contributed by atoms with Crippen molar-refractivity contribution in [3.05, 3.63) is 0 Å². The predicted octanol–water partition coefficient (Wildman–Crippen LogP) is 3.61. The second kappa shape index (κ2) is 9.54. The Balaban J connectivity index is 2.09. The number of hydrogen-bond acceptors (Lipinski definition) is 2. The minimum Gasteiger partial charge on any atom is -0.360 e. The summed E-state index contributed by atoms with van der Waals surface area (Å²) in [7, 11) is 0. The zero-order valence-electron chi connectivity index (χ0n) is 17.4. The summed E-state index contributed by atoms with van der Waals surface area (Å²) >= 11 is 11.4. The van der Waals surface area contributed by atoms with Crippen LogP contribution in [0.25, 0.3) is 0 Å². The molecule has 2 fully saturated rings. The molecule has 4 nitrogen and oxygen atoms in total. The van der Waals surface area contributed by atoms with Gasteiger partial charge in [0.05, 0.1) is 0 Å². The summed E-state index contributed by atoms with van der Waals surface area (Å²) in [6.07, 6.45) is 3.49. The van der Waals surface area contributed by atoms with Crippen LogP contribution in [0.5, 0.6) is 0 Å². The maximum absolute atomic E-state index is 5.72. The first kappa shape index (κ1) is 21.7. The SMILES string of the molecule is CC(C)CC1CN(C(CC(C)C)CN2C(=S)NCC2CC(C)C)C(=S)N1. The Morgan fingerprint density at radius 1 is 0.962 bits per heavy atom. The molecule has 26 heavy (non-hydrogen) atoms. The molecule has 150 valence electrons. The molecular weight excluding hydrogens is 360 g/mol. The second-order valence-corrected chi connectivity index (χ2v) is 10.1. The summed E-state index contributed by atoms with van der Waals surface area (Å²) in [4.78, 5) is 4.87. The molecule has 0 aromatic carbocycles. The van der Waals surface area contributed by atoms with Gasteiger partial charge >= 0.3 is 0 Å². The number of nitrogens with zero attached hydrogens (tertiary/aromatic N) is 2. The Bertz CT molecular complexity index is 492. The predicted molar refractivity (Wildman–Crippen MR) is 119 cm³/mol. The van der Waals surface area contributed by atoms with E-state index in [-0.39, 0.29) is 0 Å². The molecule has 3 atom stereocenters. The molecule has 0 radical (unpaired) electrons. The van der Waals surface area contributed by atoms with Gasteiger partial charge in [0.25, 0.3) is 0 Å². The Morgan fingerprint density at radius 2 is 1.62 bits per heavy atom. The van der Waals surface area contributed by atoms with E-state index in [2.05, 4.69) is 62.0 Å². The average Bonchev–Trinajstić information content (AvgIpc) is 3.01. The highest BCUT2D eigenvalue weighted by molar-refractivity contribution is 7.80. The summed E-state index contributed by atoms with van der Waals surface area (Å²) < 4.78 is 0. The van der Waals surface area contributed by atoms with Gasteiger partial charge in [0.15, 0.2) is 10.2 Å². The summed E-state index contributed by atoms with van der Waals surface area (Å²) in [5.41, 5.74) is 0. The lowest BCUT2D eigenvalue weighted by Crippen LogP contribution is -2.49. The lowest BCUT2D eigenvalue weighted by Gasteiger charge is -2.36. The summed E-state index contributed by atoms with van der Waals surface area (Å²) in [5, 5.41) is 8.82. The largest absolute Gasteiger partial charge is 0.360 e. The molecule has 6 heteroatoms. The highest BCUT2D eigenvalue weighted by atomic mass is 32.1. The molecule has 0 aromatic rings. The first-order valence-electron chi connectivity index (χ1n) is 10.3. The standard InChI is InChI=1S/C20H38N4S2/c1-13(2)7-16-11-23(20(26)22-16)18(9-15(5)6)12-24-17(8-14(3)4)10-21-19(24)25/h13-18H,7-12H2,1-6H3,(H,21,25)(H,22,26). The summed E-state index contributed by atoms with van der Waals surface area (Å²) in [5.74, 6) is 2.00. The smallest absolute Gasteiger partial charge is 0.169 e. The first-order valence-corrected chi connectivity index (χ1v) is 11.1. The Kier molecular flexibility index (Phi) is 7.95. The van der Waals surface area contributed by atoms with Crippen LogP contribution in [0.3, 0.4) is 0 Å². The number of hydrogen-bond donors (Lipinski definition) is 2. The molecule has 0 aromatic heterocycles. The van der Waals surface area contributed by atoms with Crippen molar-refractivity contribution in [2.75, 3.05) is 19.6 Å². The van der Waals surface area contributed by atoms with Gasteiger partial charge in [-0.1, -0.05) is 41.5 Å². The molecule has 2 rings (SSSR count). The molecule has 0 saturated carbocycles. The van der Waals surface area contributed by atoms with E-state index >= 15 is 0 Å². The van der Waals surface area contributed by atoms with Crippen molar-refractivity contribution in [1.29, 1.82) is 0 Å². The van der Waals surface area contributed by atoms with Crippen LogP contribution in [-0.4, -0.2) is 57.8 Å². The van der Waals surface area contributed by atoms with Crippen molar-refractivity contribution in [2.24, 2.45) is 17.8 Å². The fourth-order valence-electron chi connectivity index (χ4n) is 4.28. The Morgan fingerprint density at radius 3 is 2.19 bits per heavy atom. The fourth-order valence-corrected chi connectivity index (χ4v) is 4.98. The number of thiocarbonyl (C=S) groups is 2. The first-order chi connectivity index (χ1) is 12.2. The van der Waals surface area contributed by atoms with Crippen LogP contribution < -0.4 is 10.6 Å². The summed E-state index contributed by atoms with van der Waals surface area (Å²) in [6.45, 7) is 16.7. The topological polar surface area (TPSA) is 30.5 Å². The molecule has 2 aliphatic rings. The third-order valence-corrected chi connectivity index (χ3v) is 6.02. The van der Waals surface area contributed by atoms with E-state index < -0.39 is 0 Å². The summed E-state index contributed by atoms with van der Waals surface area (Å²) in [6, 6.07) is 1.40. The molecule has 3 unspecified atom stereocenters. The minimum atomic E-state index is 0.416. The van der Waals surface area contributed by atoms with Crippen LogP contribution in [0.1, 0.15) is 60.8 Å². The van der Waals surface area contributed by atoms with Crippen molar-refractivity contribution < 1.29 is 0 Å². The third-order valence-electron chi connectivity index (χ3n) is 5.29. The minimum absolute atomic E-state index is 0.416. The van der Waals surface area contributed by atoms with Crippen molar-refractivity contribution >= 4 is 34.7 Å². The van der Waals surface area contributed by atoms with Gasteiger partial charge in [0, 0.05) is 37.8 Å². The van der Waals surface area contributed by atoms with E-state index in [0.717, 1.165) is 36.3 Å². The second-order valence-electron chi connectivity index (χ2n) is 9.33. The zero-order chi connectivity index (χ0) is 19.4. The van der Waals surface area contributed by atoms with E-state index in [4.69, 9.17) is 24.4 Å². The van der Waals surface area contributed by atoms with E-state index in [1.54, 1.807) is 0 Å². The van der Waals surface area contributed by atoms with Crippen molar-refractivity contribution in [2.45, 2.75) is 78.9 Å². The van der Waals surface area contributed by atoms with Crippen LogP contribution in [0, 0.1) is 17.8 Å². The van der Waals surface area contributed by atoms with Crippen LogP contribution in [0.4, 0.5) is 0 Å². The van der Waals surface area contributed by atoms with Gasteiger partial charge in [0.2, 0.25) is 0 Å². The van der Waals surface area contributed by atoms with Crippen molar-refractivity contribution in [3.8, 4) is 0 Å². The fraction of sp³-hybridized carbons (Fsp3) is 0.900. The highest BCUT2D eigenvalue weighted by Gasteiger charge is 2.36. The van der Waals surface area contributed by atoms with Gasteiger partial charge in [-0.3, -0.25) is 0 Å². The zero-order valence-corrected chi connectivity index (χ0v) is 19.1. The van der Waals surface area contributed by atoms with E-state index in [0.29, 0.717) is 35.9 Å². The lowest BCUT2D eigenvalue weighted by molar-refractivity contribution is 0.203. The van der Waals surface area contributed by atoms with Crippen LogP contribution in [0.15, 0.2) is 0 Å². The Hall–Kier alpha value is -0.620. The highest BCUT2D eigenvalue weighted by Crippen LogP contribution is 2.23. The van der Waals surface area contributed by atoms with Gasteiger partial charge < -0.3 is 20.4 Å². The van der Waals surface area contributed by atoms with E-state index in [9.17, 15) is 0 Å². The maximum Gasteiger partial charge on any atom is 0.169 e. The number of rotatable bonds is 9. The molecule has 2 N–H and O–H groups in total. The molecule has 0 amide bonds. The Labute approximate surface area is 171 Å². The van der Waals surface area contributed by atoms with Crippen molar-refractivity contribution in [1.82, 2.24) is 20.4 Å². The molecule has 2 aliphatic heterocycles. The molecule has 0 bridgehead atoms. The van der Waals surface area contributed by atoms with Gasteiger partial charge in [-0.15, -0.1) is 0 Å². The molecular formula is C20H38N4S2. The molecule has 2 heterocycles. The normalized spacial score (nSPS) is 24.8. The monoisotopic (exact) mass is 398 g/mol. The average molecular weight is 399 g/mol. The van der Waals surface area contributed by atoms with Gasteiger partial charge in [-0.2, -0.15) is 0 Å².